The number of Topliss-reactive ketones (excluding diaryl/α,β-unsaturated/α-hetero) is 1. The van der Waals surface area contributed by atoms with E-state index in [1.807, 2.05) is 16.6 Å². The molecule has 5 nitrogen and oxygen atoms in total. The van der Waals surface area contributed by atoms with E-state index in [0.717, 1.165) is 61.5 Å². The summed E-state index contributed by atoms with van der Waals surface area (Å²) in [5.74, 6) is 0.190. The van der Waals surface area contributed by atoms with Gasteiger partial charge in [-0.3, -0.25) is 9.78 Å². The summed E-state index contributed by atoms with van der Waals surface area (Å²) in [6, 6.07) is 10.3. The molecule has 27 heavy (non-hydrogen) atoms. The molecule has 0 radical (unpaired) electrons. The van der Waals surface area contributed by atoms with Gasteiger partial charge >= 0.3 is 0 Å². The fourth-order valence-electron chi connectivity index (χ4n) is 4.75. The summed E-state index contributed by atoms with van der Waals surface area (Å²) in [6.45, 7) is 6.36. The topological polar surface area (TPSA) is 60.1 Å². The second kappa shape index (κ2) is 4.60. The van der Waals surface area contributed by atoms with Crippen LogP contribution in [0.3, 0.4) is 0 Å². The molecule has 1 aliphatic rings. The lowest BCUT2D eigenvalue weighted by atomic mass is 9.74. The van der Waals surface area contributed by atoms with Crippen LogP contribution in [0.25, 0.3) is 38.2 Å². The molecule has 0 saturated heterocycles. The number of hydrogen-bond acceptors (Lipinski definition) is 4. The quantitative estimate of drug-likeness (QED) is 0.304. The largest absolute Gasteiger partial charge is 0.294 e. The average molecular weight is 354 g/mol. The standard InChI is InChI=1S/C22H18N4O/c1-11-4-5-12-16(8-11)26-21-14(24-25-26)7-6-13-20(21)18(12)19-15(23-13)9-22(2,3)10-17(19)27/h4-8H,9-10H2,1-3H3. The van der Waals surface area contributed by atoms with Crippen LogP contribution in [0.2, 0.25) is 0 Å². The molecule has 0 amide bonds. The van der Waals surface area contributed by atoms with Gasteiger partial charge in [-0.15, -0.1) is 5.10 Å². The van der Waals surface area contributed by atoms with Gasteiger partial charge in [-0.2, -0.15) is 0 Å². The molecule has 0 N–H and O–H groups in total. The number of nitrogens with zero attached hydrogens (tertiary/aromatic N) is 4. The van der Waals surface area contributed by atoms with Crippen LogP contribution in [0, 0.1) is 12.3 Å². The summed E-state index contributed by atoms with van der Waals surface area (Å²) in [5, 5.41) is 11.8. The number of rotatable bonds is 0. The number of pyridine rings is 2. The molecule has 2 aromatic carbocycles. The van der Waals surface area contributed by atoms with Gasteiger partial charge < -0.3 is 0 Å². The molecule has 0 saturated carbocycles. The van der Waals surface area contributed by atoms with Gasteiger partial charge in [0.1, 0.15) is 11.0 Å². The van der Waals surface area contributed by atoms with Gasteiger partial charge in [-0.25, -0.2) is 4.52 Å². The molecule has 0 atom stereocenters. The maximum absolute atomic E-state index is 13.2. The third-order valence-corrected chi connectivity index (χ3v) is 5.85. The van der Waals surface area contributed by atoms with Gasteiger partial charge in [-0.1, -0.05) is 31.2 Å². The molecule has 132 valence electrons. The highest BCUT2D eigenvalue weighted by atomic mass is 16.1. The van der Waals surface area contributed by atoms with Crippen LogP contribution in [-0.4, -0.2) is 25.6 Å². The van der Waals surface area contributed by atoms with E-state index in [4.69, 9.17) is 4.98 Å². The molecular weight excluding hydrogens is 336 g/mol. The number of ketones is 1. The maximum Gasteiger partial charge on any atom is 0.165 e. The van der Waals surface area contributed by atoms with Crippen molar-refractivity contribution in [2.24, 2.45) is 5.41 Å². The highest BCUT2D eigenvalue weighted by molar-refractivity contribution is 6.27. The average Bonchev–Trinajstić information content (AvgIpc) is 3.03. The van der Waals surface area contributed by atoms with E-state index in [1.165, 1.54) is 0 Å². The molecule has 5 heteroatoms. The van der Waals surface area contributed by atoms with Crippen molar-refractivity contribution in [1.82, 2.24) is 19.8 Å². The third kappa shape index (κ3) is 1.84. The van der Waals surface area contributed by atoms with Gasteiger partial charge in [0.2, 0.25) is 0 Å². The van der Waals surface area contributed by atoms with Crippen molar-refractivity contribution in [3.63, 3.8) is 0 Å². The highest BCUT2D eigenvalue weighted by Crippen LogP contribution is 2.42. The smallest absolute Gasteiger partial charge is 0.165 e. The number of aryl methyl sites for hydroxylation is 1. The first kappa shape index (κ1) is 15.0. The molecule has 5 aromatic rings. The molecule has 0 fully saturated rings. The summed E-state index contributed by atoms with van der Waals surface area (Å²) >= 11 is 0. The predicted molar refractivity (Wildman–Crippen MR) is 106 cm³/mol. The Hall–Kier alpha value is -3.08. The third-order valence-electron chi connectivity index (χ3n) is 5.85. The highest BCUT2D eigenvalue weighted by Gasteiger charge is 2.35. The van der Waals surface area contributed by atoms with Crippen molar-refractivity contribution in [2.75, 3.05) is 0 Å². The van der Waals surface area contributed by atoms with Crippen molar-refractivity contribution in [3.05, 3.63) is 47.2 Å². The van der Waals surface area contributed by atoms with Crippen molar-refractivity contribution < 1.29 is 4.79 Å². The van der Waals surface area contributed by atoms with Gasteiger partial charge in [0.15, 0.2) is 5.78 Å². The molecule has 0 unspecified atom stereocenters. The Morgan fingerprint density at radius 3 is 2.70 bits per heavy atom. The van der Waals surface area contributed by atoms with Crippen LogP contribution in [0.1, 0.15) is 41.9 Å². The van der Waals surface area contributed by atoms with Crippen molar-refractivity contribution in [1.29, 1.82) is 0 Å². The second-order valence-corrected chi connectivity index (χ2v) is 8.60. The Balaban J connectivity index is 1.96. The van der Waals surface area contributed by atoms with E-state index in [1.54, 1.807) is 0 Å². The minimum atomic E-state index is -0.0598. The lowest BCUT2D eigenvalue weighted by Gasteiger charge is -2.30. The van der Waals surface area contributed by atoms with E-state index in [2.05, 4.69) is 49.3 Å². The van der Waals surface area contributed by atoms with E-state index in [-0.39, 0.29) is 11.2 Å². The first-order valence-electron chi connectivity index (χ1n) is 9.29. The number of fused-ring (bicyclic) bond motifs is 5. The van der Waals surface area contributed by atoms with E-state index in [0.29, 0.717) is 6.42 Å². The molecule has 3 aromatic heterocycles. The zero-order chi connectivity index (χ0) is 18.5. The fourth-order valence-corrected chi connectivity index (χ4v) is 4.75. The number of carbonyl (C=O) groups is 1. The molecule has 3 heterocycles. The van der Waals surface area contributed by atoms with Gasteiger partial charge in [0.05, 0.1) is 16.7 Å². The number of aromatic nitrogens is 4. The summed E-state index contributed by atoms with van der Waals surface area (Å²) in [7, 11) is 0. The number of carbonyl (C=O) groups excluding carboxylic acids is 1. The lowest BCUT2D eigenvalue weighted by Crippen LogP contribution is -2.28. The van der Waals surface area contributed by atoms with Crippen LogP contribution < -0.4 is 0 Å². The second-order valence-electron chi connectivity index (χ2n) is 8.60. The monoisotopic (exact) mass is 354 g/mol. The van der Waals surface area contributed by atoms with Crippen molar-refractivity contribution >= 4 is 44.0 Å². The summed E-state index contributed by atoms with van der Waals surface area (Å²) in [6.07, 6.45) is 1.36. The first-order valence-corrected chi connectivity index (χ1v) is 9.29. The van der Waals surface area contributed by atoms with Crippen LogP contribution in [-0.2, 0) is 6.42 Å². The molecular formula is C22H18N4O. The molecule has 0 spiro atoms. The lowest BCUT2D eigenvalue weighted by molar-refractivity contribution is 0.0912. The number of hydrogen-bond donors (Lipinski definition) is 0. The Morgan fingerprint density at radius 1 is 1.04 bits per heavy atom. The minimum absolute atomic E-state index is 0.0598. The molecule has 0 aliphatic heterocycles. The van der Waals surface area contributed by atoms with Crippen LogP contribution >= 0.6 is 0 Å². The normalized spacial score (nSPS) is 16.8. The van der Waals surface area contributed by atoms with E-state index in [9.17, 15) is 4.79 Å². The molecule has 6 rings (SSSR count). The van der Waals surface area contributed by atoms with Gasteiger partial charge in [0.25, 0.3) is 0 Å². The molecule has 0 bridgehead atoms. The van der Waals surface area contributed by atoms with E-state index < -0.39 is 0 Å². The van der Waals surface area contributed by atoms with Crippen LogP contribution in [0.15, 0.2) is 30.3 Å². The van der Waals surface area contributed by atoms with Crippen LogP contribution in [0.4, 0.5) is 0 Å². The zero-order valence-corrected chi connectivity index (χ0v) is 15.5. The SMILES string of the molecule is Cc1ccc2c3c4c(nc5ccc6nnn(c2c1)c6c53)CC(C)(C)CC4=O. The Kier molecular flexibility index (Phi) is 2.56. The summed E-state index contributed by atoms with van der Waals surface area (Å²) in [5.41, 5.74) is 6.51. The minimum Gasteiger partial charge on any atom is -0.294 e. The Labute approximate surface area is 155 Å². The summed E-state index contributed by atoms with van der Waals surface area (Å²) < 4.78 is 1.90. The first-order chi connectivity index (χ1) is 12.9. The number of benzene rings is 2. The zero-order valence-electron chi connectivity index (χ0n) is 15.5. The van der Waals surface area contributed by atoms with Crippen molar-refractivity contribution in [2.45, 2.75) is 33.6 Å². The predicted octanol–water partition coefficient (Wildman–Crippen LogP) is 4.49. The Morgan fingerprint density at radius 2 is 1.85 bits per heavy atom. The molecule has 1 aliphatic carbocycles. The van der Waals surface area contributed by atoms with Gasteiger partial charge in [0, 0.05) is 28.1 Å². The maximum atomic E-state index is 13.2. The summed E-state index contributed by atoms with van der Waals surface area (Å²) in [4.78, 5) is 18.1. The van der Waals surface area contributed by atoms with Crippen molar-refractivity contribution in [3.8, 4) is 0 Å². The Bertz CT molecular complexity index is 1430. The van der Waals surface area contributed by atoms with E-state index >= 15 is 0 Å². The fraction of sp³-hybridized carbons (Fsp3) is 0.273. The van der Waals surface area contributed by atoms with Crippen LogP contribution in [0.5, 0.6) is 0 Å². The van der Waals surface area contributed by atoms with Gasteiger partial charge in [-0.05, 0) is 42.5 Å².